The topological polar surface area (TPSA) is 70.2 Å². The zero-order valence-corrected chi connectivity index (χ0v) is 15.3. The van der Waals surface area contributed by atoms with Crippen LogP contribution in [0.3, 0.4) is 0 Å². The van der Waals surface area contributed by atoms with Crippen LogP contribution in [0.25, 0.3) is 0 Å². The molecule has 0 radical (unpaired) electrons. The number of benzene rings is 1. The predicted octanol–water partition coefficient (Wildman–Crippen LogP) is 3.57. The van der Waals surface area contributed by atoms with Crippen LogP contribution in [-0.2, 0) is 11.3 Å². The highest BCUT2D eigenvalue weighted by Gasteiger charge is 2.08. The van der Waals surface area contributed by atoms with Gasteiger partial charge in [0, 0.05) is 15.0 Å². The second-order valence-corrected chi connectivity index (χ2v) is 6.99. The Kier molecular flexibility index (Phi) is 6.18. The van der Waals surface area contributed by atoms with E-state index in [0.717, 1.165) is 26.2 Å². The number of rotatable bonds is 5. The lowest BCUT2D eigenvalue weighted by Crippen LogP contribution is -2.39. The van der Waals surface area contributed by atoms with Crippen molar-refractivity contribution in [2.45, 2.75) is 20.4 Å². The van der Waals surface area contributed by atoms with Gasteiger partial charge in [-0.15, -0.1) is 11.3 Å². The maximum absolute atomic E-state index is 11.9. The molecular formula is C16H18BrN3O2S. The number of carbonyl (C=O) groups is 2. The minimum absolute atomic E-state index is 0.0786. The van der Waals surface area contributed by atoms with E-state index in [1.807, 2.05) is 43.5 Å². The van der Waals surface area contributed by atoms with Crippen molar-refractivity contribution in [3.8, 4) is 0 Å². The largest absolute Gasteiger partial charge is 0.333 e. The number of thiophene rings is 1. The van der Waals surface area contributed by atoms with Crippen LogP contribution >= 0.6 is 27.3 Å². The third-order valence-electron chi connectivity index (χ3n) is 3.25. The molecule has 5 nitrogen and oxygen atoms in total. The van der Waals surface area contributed by atoms with Gasteiger partial charge in [0.15, 0.2) is 0 Å². The van der Waals surface area contributed by atoms with E-state index in [0.29, 0.717) is 6.54 Å². The van der Waals surface area contributed by atoms with Crippen molar-refractivity contribution in [2.24, 2.45) is 0 Å². The second-order valence-electron chi connectivity index (χ2n) is 5.07. The monoisotopic (exact) mass is 395 g/mol. The predicted molar refractivity (Wildman–Crippen MR) is 96.8 cm³/mol. The van der Waals surface area contributed by atoms with Crippen molar-refractivity contribution in [3.05, 3.63) is 50.1 Å². The summed E-state index contributed by atoms with van der Waals surface area (Å²) in [5.74, 6) is -0.266. The molecule has 0 aliphatic heterocycles. The summed E-state index contributed by atoms with van der Waals surface area (Å²) < 4.78 is 0.953. The Hall–Kier alpha value is -1.86. The average molecular weight is 396 g/mol. The lowest BCUT2D eigenvalue weighted by Gasteiger charge is -2.10. The normalized spacial score (nSPS) is 10.2. The molecule has 2 rings (SSSR count). The summed E-state index contributed by atoms with van der Waals surface area (Å²) in [7, 11) is 0. The lowest BCUT2D eigenvalue weighted by atomic mass is 10.2. The molecule has 23 heavy (non-hydrogen) atoms. The zero-order valence-electron chi connectivity index (χ0n) is 12.9. The number of anilines is 1. The van der Waals surface area contributed by atoms with Crippen LogP contribution in [0.15, 0.2) is 34.1 Å². The van der Waals surface area contributed by atoms with Crippen LogP contribution in [0.4, 0.5) is 10.5 Å². The SMILES string of the molecule is Cc1cc(Br)ccc1NC(=O)CNC(=O)NCc1sccc1C. The Morgan fingerprint density at radius 3 is 2.57 bits per heavy atom. The molecule has 0 aliphatic carbocycles. The summed E-state index contributed by atoms with van der Waals surface area (Å²) in [5.41, 5.74) is 2.83. The number of aryl methyl sites for hydroxylation is 2. The first-order chi connectivity index (χ1) is 11.0. The van der Waals surface area contributed by atoms with Gasteiger partial charge >= 0.3 is 6.03 Å². The summed E-state index contributed by atoms with van der Waals surface area (Å²) in [6.45, 7) is 4.29. The van der Waals surface area contributed by atoms with E-state index >= 15 is 0 Å². The van der Waals surface area contributed by atoms with Gasteiger partial charge in [-0.1, -0.05) is 15.9 Å². The van der Waals surface area contributed by atoms with Crippen molar-refractivity contribution in [1.29, 1.82) is 0 Å². The quantitative estimate of drug-likeness (QED) is 0.723. The molecular weight excluding hydrogens is 378 g/mol. The highest BCUT2D eigenvalue weighted by Crippen LogP contribution is 2.19. The molecule has 1 heterocycles. The van der Waals surface area contributed by atoms with Crippen molar-refractivity contribution < 1.29 is 9.59 Å². The molecule has 3 N–H and O–H groups in total. The minimum Gasteiger partial charge on any atom is -0.333 e. The number of amides is 3. The molecule has 3 amide bonds. The van der Waals surface area contributed by atoms with E-state index in [2.05, 4.69) is 31.9 Å². The number of urea groups is 1. The van der Waals surface area contributed by atoms with Crippen LogP contribution < -0.4 is 16.0 Å². The van der Waals surface area contributed by atoms with Gasteiger partial charge in [0.25, 0.3) is 0 Å². The van der Waals surface area contributed by atoms with Gasteiger partial charge in [0.05, 0.1) is 13.1 Å². The van der Waals surface area contributed by atoms with E-state index in [1.165, 1.54) is 0 Å². The van der Waals surface area contributed by atoms with E-state index in [-0.39, 0.29) is 18.5 Å². The molecule has 1 aromatic carbocycles. The van der Waals surface area contributed by atoms with Crippen molar-refractivity contribution >= 4 is 44.9 Å². The maximum atomic E-state index is 11.9. The highest BCUT2D eigenvalue weighted by atomic mass is 79.9. The molecule has 0 atom stereocenters. The van der Waals surface area contributed by atoms with Crippen LogP contribution in [0.5, 0.6) is 0 Å². The first-order valence-corrected chi connectivity index (χ1v) is 8.73. The molecule has 1 aromatic heterocycles. The summed E-state index contributed by atoms with van der Waals surface area (Å²) in [4.78, 5) is 24.7. The molecule has 2 aromatic rings. The molecule has 0 unspecified atom stereocenters. The molecule has 0 fully saturated rings. The molecule has 0 aliphatic rings. The van der Waals surface area contributed by atoms with Crippen LogP contribution in [-0.4, -0.2) is 18.5 Å². The zero-order chi connectivity index (χ0) is 16.8. The van der Waals surface area contributed by atoms with Gasteiger partial charge in [-0.05, 0) is 54.6 Å². The van der Waals surface area contributed by atoms with Gasteiger partial charge < -0.3 is 16.0 Å². The Morgan fingerprint density at radius 2 is 1.91 bits per heavy atom. The third kappa shape index (κ3) is 5.37. The van der Waals surface area contributed by atoms with Crippen molar-refractivity contribution in [2.75, 3.05) is 11.9 Å². The van der Waals surface area contributed by atoms with E-state index < -0.39 is 0 Å². The number of hydrogen-bond acceptors (Lipinski definition) is 3. The highest BCUT2D eigenvalue weighted by molar-refractivity contribution is 9.10. The summed E-state index contributed by atoms with van der Waals surface area (Å²) >= 11 is 4.97. The third-order valence-corrected chi connectivity index (χ3v) is 4.77. The molecule has 0 saturated carbocycles. The van der Waals surface area contributed by atoms with E-state index in [1.54, 1.807) is 11.3 Å². The number of halogens is 1. The van der Waals surface area contributed by atoms with Crippen LogP contribution in [0, 0.1) is 13.8 Å². The standard InChI is InChI=1S/C16H18BrN3O2S/c1-10-5-6-23-14(10)8-18-16(22)19-9-15(21)20-13-4-3-12(17)7-11(13)2/h3-7H,8-9H2,1-2H3,(H,20,21)(H2,18,19,22). The summed E-state index contributed by atoms with van der Waals surface area (Å²) in [5, 5.41) is 10.0. The number of hydrogen-bond donors (Lipinski definition) is 3. The molecule has 122 valence electrons. The van der Waals surface area contributed by atoms with E-state index in [4.69, 9.17) is 0 Å². The Morgan fingerprint density at radius 1 is 1.13 bits per heavy atom. The number of carbonyl (C=O) groups excluding carboxylic acids is 2. The fraction of sp³-hybridized carbons (Fsp3) is 0.250. The van der Waals surface area contributed by atoms with Gasteiger partial charge in [0.2, 0.25) is 5.91 Å². The fourth-order valence-electron chi connectivity index (χ4n) is 1.93. The Bertz CT molecular complexity index is 715. The first kappa shape index (κ1) is 17.5. The Labute approximate surface area is 147 Å². The number of nitrogens with one attached hydrogen (secondary N) is 3. The smallest absolute Gasteiger partial charge is 0.315 e. The van der Waals surface area contributed by atoms with Gasteiger partial charge in [0.1, 0.15) is 0 Å². The average Bonchev–Trinajstić information content (AvgIpc) is 2.91. The van der Waals surface area contributed by atoms with Gasteiger partial charge in [-0.2, -0.15) is 0 Å². The fourth-order valence-corrected chi connectivity index (χ4v) is 3.25. The van der Waals surface area contributed by atoms with Gasteiger partial charge in [-0.3, -0.25) is 4.79 Å². The van der Waals surface area contributed by atoms with Crippen molar-refractivity contribution in [3.63, 3.8) is 0 Å². The molecule has 0 saturated heterocycles. The van der Waals surface area contributed by atoms with E-state index in [9.17, 15) is 9.59 Å². The molecule has 0 spiro atoms. The van der Waals surface area contributed by atoms with Crippen molar-refractivity contribution in [1.82, 2.24) is 10.6 Å². The second kappa shape index (κ2) is 8.12. The molecule has 0 bridgehead atoms. The van der Waals surface area contributed by atoms with Gasteiger partial charge in [-0.25, -0.2) is 4.79 Å². The minimum atomic E-state index is -0.361. The molecule has 7 heteroatoms. The van der Waals surface area contributed by atoms with Crippen LogP contribution in [0.2, 0.25) is 0 Å². The maximum Gasteiger partial charge on any atom is 0.315 e. The summed E-state index contributed by atoms with van der Waals surface area (Å²) in [6, 6.07) is 7.23. The summed E-state index contributed by atoms with van der Waals surface area (Å²) in [6.07, 6.45) is 0. The lowest BCUT2D eigenvalue weighted by molar-refractivity contribution is -0.115. The van der Waals surface area contributed by atoms with Crippen LogP contribution in [0.1, 0.15) is 16.0 Å². The first-order valence-electron chi connectivity index (χ1n) is 7.06. The Balaban J connectivity index is 1.75.